The summed E-state index contributed by atoms with van der Waals surface area (Å²) in [5, 5.41) is 3.42. The van der Waals surface area contributed by atoms with Crippen LogP contribution in [0.25, 0.3) is 0 Å². The minimum atomic E-state index is 0.355. The molecule has 0 aliphatic heterocycles. The van der Waals surface area contributed by atoms with Gasteiger partial charge in [0.1, 0.15) is 0 Å². The molecule has 0 radical (unpaired) electrons. The smallest absolute Gasteiger partial charge is 0.0648 e. The molecule has 0 aliphatic carbocycles. The van der Waals surface area contributed by atoms with Crippen molar-refractivity contribution in [1.29, 1.82) is 0 Å². The van der Waals surface area contributed by atoms with E-state index in [9.17, 15) is 0 Å². The van der Waals surface area contributed by atoms with Gasteiger partial charge >= 0.3 is 0 Å². The normalized spacial score (nSPS) is 13.1. The van der Waals surface area contributed by atoms with E-state index in [4.69, 9.17) is 4.74 Å². The van der Waals surface area contributed by atoms with E-state index in [-0.39, 0.29) is 0 Å². The number of nitrogens with one attached hydrogen (secondary N) is 1. The molecule has 84 valence electrons. The highest BCUT2D eigenvalue weighted by Gasteiger charge is 2.00. The summed E-state index contributed by atoms with van der Waals surface area (Å²) in [7, 11) is 0. The van der Waals surface area contributed by atoms with Gasteiger partial charge in [-0.25, -0.2) is 0 Å². The molecule has 0 aliphatic rings. The van der Waals surface area contributed by atoms with E-state index in [2.05, 4.69) is 32.7 Å². The van der Waals surface area contributed by atoms with Crippen LogP contribution in [0.15, 0.2) is 12.7 Å². The summed E-state index contributed by atoms with van der Waals surface area (Å²) in [5.41, 5.74) is 0. The first-order valence-electron chi connectivity index (χ1n) is 5.60. The van der Waals surface area contributed by atoms with Crippen LogP contribution in [0.5, 0.6) is 0 Å². The molecule has 0 rings (SSSR count). The second kappa shape index (κ2) is 9.22. The zero-order chi connectivity index (χ0) is 10.8. The molecule has 0 saturated carbocycles. The summed E-state index contributed by atoms with van der Waals surface area (Å²) >= 11 is 0. The van der Waals surface area contributed by atoms with Gasteiger partial charge in [-0.05, 0) is 38.8 Å². The van der Waals surface area contributed by atoms with Gasteiger partial charge in [0.05, 0.1) is 12.7 Å². The van der Waals surface area contributed by atoms with E-state index >= 15 is 0 Å². The van der Waals surface area contributed by atoms with Gasteiger partial charge < -0.3 is 10.1 Å². The Hall–Kier alpha value is -0.340. The van der Waals surface area contributed by atoms with Crippen LogP contribution in [0, 0.1) is 5.92 Å². The Labute approximate surface area is 88.7 Å². The maximum Gasteiger partial charge on any atom is 0.0648 e. The van der Waals surface area contributed by atoms with Crippen LogP contribution in [0.2, 0.25) is 0 Å². The fourth-order valence-electron chi connectivity index (χ4n) is 1.22. The van der Waals surface area contributed by atoms with Crippen LogP contribution in [-0.4, -0.2) is 25.8 Å². The van der Waals surface area contributed by atoms with Crippen molar-refractivity contribution >= 4 is 0 Å². The highest BCUT2D eigenvalue weighted by molar-refractivity contribution is 4.65. The second-order valence-electron chi connectivity index (χ2n) is 4.17. The molecule has 0 amide bonds. The fourth-order valence-corrected chi connectivity index (χ4v) is 1.22. The molecule has 2 nitrogen and oxygen atoms in total. The predicted molar refractivity (Wildman–Crippen MR) is 62.6 cm³/mol. The standard InChI is InChI=1S/C12H25NO/c1-5-9-14-12(4)7-6-8-13-10-11(2)3/h5,11-13H,1,6-10H2,2-4H3. The van der Waals surface area contributed by atoms with Gasteiger partial charge in [0, 0.05) is 0 Å². The van der Waals surface area contributed by atoms with E-state index in [1.807, 2.05) is 0 Å². The average molecular weight is 199 g/mol. The number of rotatable bonds is 9. The molecule has 1 atom stereocenters. The van der Waals surface area contributed by atoms with Crippen LogP contribution in [-0.2, 0) is 4.74 Å². The first-order valence-corrected chi connectivity index (χ1v) is 5.60. The maximum absolute atomic E-state index is 5.47. The lowest BCUT2D eigenvalue weighted by atomic mass is 10.2. The Morgan fingerprint density at radius 2 is 2.07 bits per heavy atom. The molecular formula is C12H25NO. The molecule has 14 heavy (non-hydrogen) atoms. The second-order valence-corrected chi connectivity index (χ2v) is 4.17. The minimum absolute atomic E-state index is 0.355. The van der Waals surface area contributed by atoms with E-state index in [1.54, 1.807) is 6.08 Å². The van der Waals surface area contributed by atoms with Crippen molar-refractivity contribution in [3.8, 4) is 0 Å². The van der Waals surface area contributed by atoms with Gasteiger partial charge in [0.15, 0.2) is 0 Å². The van der Waals surface area contributed by atoms with Crippen LogP contribution in [0.3, 0.4) is 0 Å². The van der Waals surface area contributed by atoms with Crippen molar-refractivity contribution in [1.82, 2.24) is 5.32 Å². The summed E-state index contributed by atoms with van der Waals surface area (Å²) in [4.78, 5) is 0. The van der Waals surface area contributed by atoms with Crippen molar-refractivity contribution in [3.05, 3.63) is 12.7 Å². The summed E-state index contributed by atoms with van der Waals surface area (Å²) in [6, 6.07) is 0. The first kappa shape index (κ1) is 13.7. The number of hydrogen-bond donors (Lipinski definition) is 1. The maximum atomic E-state index is 5.47. The monoisotopic (exact) mass is 199 g/mol. The van der Waals surface area contributed by atoms with Crippen molar-refractivity contribution in [2.24, 2.45) is 5.92 Å². The Morgan fingerprint density at radius 1 is 1.36 bits per heavy atom. The van der Waals surface area contributed by atoms with Crippen molar-refractivity contribution in [2.75, 3.05) is 19.7 Å². The highest BCUT2D eigenvalue weighted by atomic mass is 16.5. The Morgan fingerprint density at radius 3 is 2.64 bits per heavy atom. The molecule has 0 aromatic heterocycles. The largest absolute Gasteiger partial charge is 0.374 e. The lowest BCUT2D eigenvalue weighted by Gasteiger charge is -2.12. The topological polar surface area (TPSA) is 21.3 Å². The third-order valence-corrected chi connectivity index (χ3v) is 2.02. The van der Waals surface area contributed by atoms with Crippen LogP contribution >= 0.6 is 0 Å². The Bertz CT molecular complexity index is 134. The molecule has 0 bridgehead atoms. The Balaban J connectivity index is 3.14. The minimum Gasteiger partial charge on any atom is -0.374 e. The predicted octanol–water partition coefficient (Wildman–Crippen LogP) is 2.60. The number of ether oxygens (including phenoxy) is 1. The van der Waals surface area contributed by atoms with E-state index in [0.717, 1.165) is 25.4 Å². The molecule has 2 heteroatoms. The third kappa shape index (κ3) is 9.75. The van der Waals surface area contributed by atoms with Gasteiger partial charge in [-0.15, -0.1) is 6.58 Å². The summed E-state index contributed by atoms with van der Waals surface area (Å²) < 4.78 is 5.47. The van der Waals surface area contributed by atoms with Gasteiger partial charge in [-0.3, -0.25) is 0 Å². The van der Waals surface area contributed by atoms with E-state index in [0.29, 0.717) is 12.7 Å². The SMILES string of the molecule is C=CCOC(C)CCCNCC(C)C. The van der Waals surface area contributed by atoms with Gasteiger partial charge in [0.25, 0.3) is 0 Å². The van der Waals surface area contributed by atoms with Crippen molar-refractivity contribution in [3.63, 3.8) is 0 Å². The van der Waals surface area contributed by atoms with Crippen molar-refractivity contribution < 1.29 is 4.74 Å². The number of hydrogen-bond acceptors (Lipinski definition) is 2. The van der Waals surface area contributed by atoms with Gasteiger partial charge in [0.2, 0.25) is 0 Å². The first-order chi connectivity index (χ1) is 6.66. The molecular weight excluding hydrogens is 174 g/mol. The summed E-state index contributed by atoms with van der Waals surface area (Å²) in [5.74, 6) is 0.740. The molecule has 1 N–H and O–H groups in total. The zero-order valence-electron chi connectivity index (χ0n) is 9.88. The van der Waals surface area contributed by atoms with E-state index < -0.39 is 0 Å². The third-order valence-electron chi connectivity index (χ3n) is 2.02. The quantitative estimate of drug-likeness (QED) is 0.455. The zero-order valence-corrected chi connectivity index (χ0v) is 9.88. The lowest BCUT2D eigenvalue weighted by molar-refractivity contribution is 0.0804. The van der Waals surface area contributed by atoms with Gasteiger partial charge in [-0.1, -0.05) is 19.9 Å². The van der Waals surface area contributed by atoms with Crippen LogP contribution < -0.4 is 5.32 Å². The molecule has 0 spiro atoms. The van der Waals surface area contributed by atoms with Crippen LogP contribution in [0.1, 0.15) is 33.6 Å². The van der Waals surface area contributed by atoms with Crippen molar-refractivity contribution in [2.45, 2.75) is 39.7 Å². The Kier molecular flexibility index (Phi) is 9.00. The molecule has 0 aromatic rings. The fraction of sp³-hybridized carbons (Fsp3) is 0.833. The van der Waals surface area contributed by atoms with E-state index in [1.165, 1.54) is 6.42 Å². The molecule has 0 fully saturated rings. The lowest BCUT2D eigenvalue weighted by Crippen LogP contribution is -2.21. The summed E-state index contributed by atoms with van der Waals surface area (Å²) in [6.45, 7) is 13.1. The highest BCUT2D eigenvalue weighted by Crippen LogP contribution is 2.00. The molecule has 0 aromatic carbocycles. The molecule has 0 saturated heterocycles. The summed E-state index contributed by atoms with van der Waals surface area (Å²) in [6.07, 6.45) is 4.46. The van der Waals surface area contributed by atoms with Gasteiger partial charge in [-0.2, -0.15) is 0 Å². The average Bonchev–Trinajstić information content (AvgIpc) is 2.13. The molecule has 0 heterocycles. The molecule has 1 unspecified atom stereocenters. The van der Waals surface area contributed by atoms with Crippen LogP contribution in [0.4, 0.5) is 0 Å².